The zero-order chi connectivity index (χ0) is 18.7. The second kappa shape index (κ2) is 7.60. The Morgan fingerprint density at radius 2 is 1.92 bits per heavy atom. The number of sulfonamides is 1. The van der Waals surface area contributed by atoms with Gasteiger partial charge in [0, 0.05) is 25.3 Å². The number of aliphatic carboxylic acids is 1. The Labute approximate surface area is 151 Å². The van der Waals surface area contributed by atoms with Gasteiger partial charge in [-0.3, -0.25) is 0 Å². The van der Waals surface area contributed by atoms with Crippen LogP contribution in [0.5, 0.6) is 0 Å². The highest BCUT2D eigenvalue weighted by molar-refractivity contribution is 7.89. The van der Waals surface area contributed by atoms with E-state index < -0.39 is 28.1 Å². The van der Waals surface area contributed by atoms with Crippen LogP contribution in [0.1, 0.15) is 12.8 Å². The first-order chi connectivity index (χ1) is 12.4. The standard InChI is InChI=1S/C16H21N3O6S/c20-15(21)14-5-2-6-19(14)16(22)17-12-3-1-4-13(11-12)26(23,24)18-7-9-25-10-8-18/h1,3-4,11,14H,2,5-10H2,(H,17,22)(H,20,21)/t14-/m0/s1. The van der Waals surface area contributed by atoms with E-state index in [-0.39, 0.29) is 18.0 Å². The first kappa shape index (κ1) is 18.6. The monoisotopic (exact) mass is 383 g/mol. The van der Waals surface area contributed by atoms with Gasteiger partial charge in [0.2, 0.25) is 10.0 Å². The van der Waals surface area contributed by atoms with Gasteiger partial charge in [0.1, 0.15) is 6.04 Å². The quantitative estimate of drug-likeness (QED) is 0.794. The Hall–Kier alpha value is -2.17. The molecule has 1 atom stereocenters. The van der Waals surface area contributed by atoms with Crippen LogP contribution >= 0.6 is 0 Å². The van der Waals surface area contributed by atoms with Crippen LogP contribution in [0.2, 0.25) is 0 Å². The van der Waals surface area contributed by atoms with Gasteiger partial charge in [0.15, 0.2) is 0 Å². The molecule has 2 N–H and O–H groups in total. The van der Waals surface area contributed by atoms with Crippen LogP contribution in [-0.4, -0.2) is 73.6 Å². The van der Waals surface area contributed by atoms with E-state index in [0.717, 1.165) is 0 Å². The zero-order valence-electron chi connectivity index (χ0n) is 14.1. The third-order valence-corrected chi connectivity index (χ3v) is 6.39. The lowest BCUT2D eigenvalue weighted by Gasteiger charge is -2.26. The average Bonchev–Trinajstić information content (AvgIpc) is 3.13. The van der Waals surface area contributed by atoms with Gasteiger partial charge in [-0.25, -0.2) is 18.0 Å². The fourth-order valence-corrected chi connectivity index (χ4v) is 4.59. The maximum absolute atomic E-state index is 12.7. The molecule has 0 radical (unpaired) electrons. The second-order valence-electron chi connectivity index (χ2n) is 6.16. The lowest BCUT2D eigenvalue weighted by atomic mass is 10.2. The van der Waals surface area contributed by atoms with Crippen LogP contribution in [0.25, 0.3) is 0 Å². The lowest BCUT2D eigenvalue weighted by Crippen LogP contribution is -2.42. The van der Waals surface area contributed by atoms with E-state index >= 15 is 0 Å². The van der Waals surface area contributed by atoms with Crippen LogP contribution in [0.4, 0.5) is 10.5 Å². The number of benzene rings is 1. The van der Waals surface area contributed by atoms with Crippen molar-refractivity contribution in [1.29, 1.82) is 0 Å². The fourth-order valence-electron chi connectivity index (χ4n) is 3.13. The zero-order valence-corrected chi connectivity index (χ0v) is 14.9. The number of carboxylic acids is 1. The summed E-state index contributed by atoms with van der Waals surface area (Å²) < 4.78 is 31.9. The van der Waals surface area contributed by atoms with Gasteiger partial charge in [-0.2, -0.15) is 4.31 Å². The molecule has 2 fully saturated rings. The summed E-state index contributed by atoms with van der Waals surface area (Å²) in [5, 5.41) is 11.8. The predicted molar refractivity (Wildman–Crippen MR) is 92.4 cm³/mol. The van der Waals surface area contributed by atoms with Crippen LogP contribution < -0.4 is 5.32 Å². The Balaban J connectivity index is 1.75. The summed E-state index contributed by atoms with van der Waals surface area (Å²) in [6.45, 7) is 1.62. The summed E-state index contributed by atoms with van der Waals surface area (Å²) in [5.41, 5.74) is 0.306. The van der Waals surface area contributed by atoms with Crippen molar-refractivity contribution < 1.29 is 27.9 Å². The largest absolute Gasteiger partial charge is 0.480 e. The molecule has 0 aliphatic carbocycles. The molecular formula is C16H21N3O6S. The van der Waals surface area contributed by atoms with Crippen LogP contribution in [0, 0.1) is 0 Å². The number of carbonyl (C=O) groups is 2. The van der Waals surface area contributed by atoms with E-state index in [2.05, 4.69) is 5.32 Å². The van der Waals surface area contributed by atoms with E-state index in [1.54, 1.807) is 12.1 Å². The summed E-state index contributed by atoms with van der Waals surface area (Å²) in [4.78, 5) is 24.9. The molecule has 26 heavy (non-hydrogen) atoms. The first-order valence-corrected chi connectivity index (χ1v) is 9.82. The molecule has 2 heterocycles. The van der Waals surface area contributed by atoms with E-state index in [4.69, 9.17) is 4.74 Å². The molecule has 2 aliphatic heterocycles. The predicted octanol–water partition coefficient (Wildman–Crippen LogP) is 0.788. The number of hydrogen-bond donors (Lipinski definition) is 2. The second-order valence-corrected chi connectivity index (χ2v) is 8.10. The number of nitrogens with zero attached hydrogens (tertiary/aromatic N) is 2. The van der Waals surface area contributed by atoms with Crippen molar-refractivity contribution in [1.82, 2.24) is 9.21 Å². The Morgan fingerprint density at radius 3 is 2.62 bits per heavy atom. The van der Waals surface area contributed by atoms with Gasteiger partial charge >= 0.3 is 12.0 Å². The number of carboxylic acid groups (broad SMARTS) is 1. The van der Waals surface area contributed by atoms with Crippen molar-refractivity contribution in [3.63, 3.8) is 0 Å². The highest BCUT2D eigenvalue weighted by Gasteiger charge is 2.34. The molecule has 0 aromatic heterocycles. The minimum Gasteiger partial charge on any atom is -0.480 e. The summed E-state index contributed by atoms with van der Waals surface area (Å²) in [5.74, 6) is -1.04. The number of rotatable bonds is 4. The molecule has 0 unspecified atom stereocenters. The number of urea groups is 1. The Bertz CT molecular complexity index is 791. The van der Waals surface area contributed by atoms with E-state index in [1.165, 1.54) is 21.3 Å². The van der Waals surface area contributed by atoms with Gasteiger partial charge in [-0.1, -0.05) is 6.07 Å². The van der Waals surface area contributed by atoms with Crippen LogP contribution in [0.3, 0.4) is 0 Å². The fraction of sp³-hybridized carbons (Fsp3) is 0.500. The molecule has 10 heteroatoms. The molecule has 0 saturated carbocycles. The molecule has 3 rings (SSSR count). The van der Waals surface area contributed by atoms with Gasteiger partial charge in [0.05, 0.1) is 18.1 Å². The minimum absolute atomic E-state index is 0.0772. The summed E-state index contributed by atoms with van der Waals surface area (Å²) in [6.07, 6.45) is 1.03. The van der Waals surface area contributed by atoms with Crippen molar-refractivity contribution in [2.75, 3.05) is 38.2 Å². The molecule has 9 nitrogen and oxygen atoms in total. The maximum atomic E-state index is 12.7. The van der Waals surface area contributed by atoms with E-state index in [0.29, 0.717) is 38.3 Å². The number of morpholine rings is 1. The minimum atomic E-state index is -3.67. The Morgan fingerprint density at radius 1 is 1.19 bits per heavy atom. The highest BCUT2D eigenvalue weighted by atomic mass is 32.2. The molecular weight excluding hydrogens is 362 g/mol. The van der Waals surface area contributed by atoms with Gasteiger partial charge in [-0.05, 0) is 31.0 Å². The maximum Gasteiger partial charge on any atom is 0.326 e. The van der Waals surface area contributed by atoms with Crippen molar-refractivity contribution >= 4 is 27.7 Å². The summed E-state index contributed by atoms with van der Waals surface area (Å²) in [6, 6.07) is 4.57. The number of likely N-dealkylation sites (tertiary alicyclic amines) is 1. The van der Waals surface area contributed by atoms with Crippen LogP contribution in [0.15, 0.2) is 29.2 Å². The lowest BCUT2D eigenvalue weighted by molar-refractivity contribution is -0.141. The third-order valence-electron chi connectivity index (χ3n) is 4.49. The van der Waals surface area contributed by atoms with Gasteiger partial charge in [0.25, 0.3) is 0 Å². The molecule has 2 saturated heterocycles. The number of ether oxygens (including phenoxy) is 1. The molecule has 0 bridgehead atoms. The van der Waals surface area contributed by atoms with Crippen molar-refractivity contribution in [3.8, 4) is 0 Å². The SMILES string of the molecule is O=C(O)[C@@H]1CCCN1C(=O)Nc1cccc(S(=O)(=O)N2CCOCC2)c1. The molecule has 2 amide bonds. The number of nitrogens with one attached hydrogen (secondary N) is 1. The number of anilines is 1. The first-order valence-electron chi connectivity index (χ1n) is 8.38. The normalized spacial score (nSPS) is 21.5. The molecule has 142 valence electrons. The third kappa shape index (κ3) is 3.81. The number of amides is 2. The highest BCUT2D eigenvalue weighted by Crippen LogP contribution is 2.22. The summed E-state index contributed by atoms with van der Waals surface area (Å²) >= 11 is 0. The summed E-state index contributed by atoms with van der Waals surface area (Å²) in [7, 11) is -3.67. The molecule has 2 aliphatic rings. The number of carbonyl (C=O) groups excluding carboxylic acids is 1. The topological polar surface area (TPSA) is 116 Å². The smallest absolute Gasteiger partial charge is 0.326 e. The Kier molecular flexibility index (Phi) is 5.44. The molecule has 1 aromatic rings. The average molecular weight is 383 g/mol. The van der Waals surface area contributed by atoms with Gasteiger partial charge in [-0.15, -0.1) is 0 Å². The van der Waals surface area contributed by atoms with Crippen molar-refractivity contribution in [2.24, 2.45) is 0 Å². The van der Waals surface area contributed by atoms with Crippen LogP contribution in [-0.2, 0) is 19.6 Å². The van der Waals surface area contributed by atoms with Crippen molar-refractivity contribution in [2.45, 2.75) is 23.8 Å². The van der Waals surface area contributed by atoms with E-state index in [1.807, 2.05) is 0 Å². The molecule has 1 aromatic carbocycles. The molecule has 0 spiro atoms. The number of hydrogen-bond acceptors (Lipinski definition) is 5. The van der Waals surface area contributed by atoms with E-state index in [9.17, 15) is 23.1 Å². The van der Waals surface area contributed by atoms with Crippen molar-refractivity contribution in [3.05, 3.63) is 24.3 Å². The van der Waals surface area contributed by atoms with Gasteiger partial charge < -0.3 is 20.1 Å².